The first-order valence-electron chi connectivity index (χ1n) is 15.2. The number of aromatic nitrogens is 3. The van der Waals surface area contributed by atoms with Crippen molar-refractivity contribution in [3.8, 4) is 5.75 Å². The van der Waals surface area contributed by atoms with Crippen LogP contribution in [0.5, 0.6) is 5.75 Å². The van der Waals surface area contributed by atoms with E-state index in [0.717, 1.165) is 0 Å². The molecule has 240 valence electrons. The Hall–Kier alpha value is -4.61. The topological polar surface area (TPSA) is 157 Å². The number of carbonyl (C=O) groups excluding carboxylic acids is 4. The summed E-state index contributed by atoms with van der Waals surface area (Å²) < 4.78 is 11.0. The van der Waals surface area contributed by atoms with Crippen LogP contribution in [0, 0.1) is 11.8 Å². The molecule has 3 amide bonds. The van der Waals surface area contributed by atoms with Crippen LogP contribution in [-0.4, -0.2) is 75.4 Å². The molecule has 3 heterocycles. The predicted octanol–water partition coefficient (Wildman–Crippen LogP) is 3.57. The maximum atomic E-state index is 13.8. The van der Waals surface area contributed by atoms with Crippen molar-refractivity contribution in [3.63, 3.8) is 0 Å². The van der Waals surface area contributed by atoms with Gasteiger partial charge in [0.1, 0.15) is 17.8 Å². The minimum atomic E-state index is -0.961. The number of ketones is 1. The molecule has 45 heavy (non-hydrogen) atoms. The number of amides is 3. The SMILES string of the molecule is COc1ccc(C(=O)N[C@H](C(=O)N2CCC[C@H]2C(=O)N[C@@H](C(=O)c2nnc(C(C)(C)c3ccccn3)o2)C(C)C)C(C)C)cc1. The van der Waals surface area contributed by atoms with Crippen molar-refractivity contribution < 1.29 is 28.3 Å². The molecule has 1 saturated heterocycles. The summed E-state index contributed by atoms with van der Waals surface area (Å²) in [5.74, 6) is -1.65. The number of ether oxygens (including phenoxy) is 1. The third-order valence-corrected chi connectivity index (χ3v) is 8.13. The lowest BCUT2D eigenvalue weighted by atomic mass is 9.89. The van der Waals surface area contributed by atoms with E-state index < -0.39 is 41.1 Å². The van der Waals surface area contributed by atoms with Gasteiger partial charge in [-0.25, -0.2) is 0 Å². The number of rotatable bonds is 12. The number of likely N-dealkylation sites (tertiary alicyclic amines) is 1. The molecule has 0 radical (unpaired) electrons. The van der Waals surface area contributed by atoms with E-state index >= 15 is 0 Å². The second-order valence-corrected chi connectivity index (χ2v) is 12.5. The van der Waals surface area contributed by atoms with Crippen LogP contribution in [0.4, 0.5) is 0 Å². The summed E-state index contributed by atoms with van der Waals surface area (Å²) in [5.41, 5.74) is 0.340. The third kappa shape index (κ3) is 7.38. The van der Waals surface area contributed by atoms with Crippen molar-refractivity contribution in [1.82, 2.24) is 30.7 Å². The monoisotopic (exact) mass is 618 g/mol. The Balaban J connectivity index is 1.47. The highest BCUT2D eigenvalue weighted by molar-refractivity contribution is 6.01. The fourth-order valence-corrected chi connectivity index (χ4v) is 5.30. The molecule has 12 nitrogen and oxygen atoms in total. The van der Waals surface area contributed by atoms with E-state index in [9.17, 15) is 19.2 Å². The molecule has 3 aromatic rings. The molecule has 1 aliphatic rings. The number of nitrogens with zero attached hydrogens (tertiary/aromatic N) is 4. The molecule has 0 saturated carbocycles. The van der Waals surface area contributed by atoms with Gasteiger partial charge in [0.2, 0.25) is 23.5 Å². The molecule has 1 aliphatic heterocycles. The van der Waals surface area contributed by atoms with Crippen molar-refractivity contribution >= 4 is 23.5 Å². The van der Waals surface area contributed by atoms with Crippen molar-refractivity contribution in [2.75, 3.05) is 13.7 Å². The molecule has 3 atom stereocenters. The van der Waals surface area contributed by atoms with Gasteiger partial charge in [-0.15, -0.1) is 10.2 Å². The quantitative estimate of drug-likeness (QED) is 0.290. The zero-order chi connectivity index (χ0) is 32.9. The van der Waals surface area contributed by atoms with Gasteiger partial charge in [0.05, 0.1) is 24.3 Å². The van der Waals surface area contributed by atoms with Crippen molar-refractivity contribution in [2.24, 2.45) is 11.8 Å². The number of Topliss-reactive ketones (excluding diaryl/α,β-unsaturated/α-hetero) is 1. The Morgan fingerprint density at radius 1 is 0.956 bits per heavy atom. The minimum absolute atomic E-state index is 0.214. The summed E-state index contributed by atoms with van der Waals surface area (Å²) in [7, 11) is 1.54. The fourth-order valence-electron chi connectivity index (χ4n) is 5.30. The van der Waals surface area contributed by atoms with Gasteiger partial charge in [-0.1, -0.05) is 33.8 Å². The Morgan fingerprint density at radius 3 is 2.24 bits per heavy atom. The van der Waals surface area contributed by atoms with E-state index in [0.29, 0.717) is 36.4 Å². The highest BCUT2D eigenvalue weighted by Crippen LogP contribution is 2.29. The molecule has 0 aliphatic carbocycles. The first-order valence-corrected chi connectivity index (χ1v) is 15.2. The molecule has 1 aromatic carbocycles. The Morgan fingerprint density at radius 2 is 1.64 bits per heavy atom. The lowest BCUT2D eigenvalue weighted by Gasteiger charge is -2.31. The number of hydrogen-bond donors (Lipinski definition) is 2. The van der Waals surface area contributed by atoms with Gasteiger partial charge < -0.3 is 24.7 Å². The molecular weight excluding hydrogens is 576 g/mol. The van der Waals surface area contributed by atoms with Crippen LogP contribution >= 0.6 is 0 Å². The second kappa shape index (κ2) is 14.0. The zero-order valence-corrected chi connectivity index (χ0v) is 26.9. The Bertz CT molecular complexity index is 1500. The van der Waals surface area contributed by atoms with Crippen LogP contribution < -0.4 is 15.4 Å². The number of hydrogen-bond acceptors (Lipinski definition) is 9. The van der Waals surface area contributed by atoms with Gasteiger partial charge in [0.25, 0.3) is 11.8 Å². The molecule has 2 aromatic heterocycles. The lowest BCUT2D eigenvalue weighted by molar-refractivity contribution is -0.140. The number of pyridine rings is 1. The molecule has 4 rings (SSSR count). The number of benzene rings is 1. The summed E-state index contributed by atoms with van der Waals surface area (Å²) in [4.78, 5) is 59.8. The van der Waals surface area contributed by atoms with Gasteiger partial charge in [-0.3, -0.25) is 24.2 Å². The van der Waals surface area contributed by atoms with E-state index in [-0.39, 0.29) is 29.5 Å². The summed E-state index contributed by atoms with van der Waals surface area (Å²) in [6, 6.07) is 9.47. The maximum absolute atomic E-state index is 13.8. The van der Waals surface area contributed by atoms with E-state index in [1.54, 1.807) is 50.4 Å². The van der Waals surface area contributed by atoms with Crippen LogP contribution in [-0.2, 0) is 15.0 Å². The van der Waals surface area contributed by atoms with Crippen LogP contribution in [0.2, 0.25) is 0 Å². The molecule has 2 N–H and O–H groups in total. The van der Waals surface area contributed by atoms with Crippen LogP contribution in [0.15, 0.2) is 53.1 Å². The Labute approximate surface area is 263 Å². The minimum Gasteiger partial charge on any atom is -0.497 e. The van der Waals surface area contributed by atoms with Gasteiger partial charge in [0.15, 0.2) is 0 Å². The first kappa shape index (κ1) is 33.3. The lowest BCUT2D eigenvalue weighted by Crippen LogP contribution is -2.57. The third-order valence-electron chi connectivity index (χ3n) is 8.13. The largest absolute Gasteiger partial charge is 0.497 e. The summed E-state index contributed by atoms with van der Waals surface area (Å²) >= 11 is 0. The average molecular weight is 619 g/mol. The molecule has 1 fully saturated rings. The van der Waals surface area contributed by atoms with Gasteiger partial charge >= 0.3 is 0 Å². The van der Waals surface area contributed by atoms with E-state index in [4.69, 9.17) is 9.15 Å². The molecule has 0 unspecified atom stereocenters. The second-order valence-electron chi connectivity index (χ2n) is 12.5. The van der Waals surface area contributed by atoms with Crippen LogP contribution in [0.3, 0.4) is 0 Å². The van der Waals surface area contributed by atoms with Crippen molar-refractivity contribution in [2.45, 2.75) is 77.9 Å². The average Bonchev–Trinajstić information content (AvgIpc) is 3.73. The highest BCUT2D eigenvalue weighted by atomic mass is 16.5. The van der Waals surface area contributed by atoms with E-state index in [2.05, 4.69) is 25.8 Å². The summed E-state index contributed by atoms with van der Waals surface area (Å²) in [6.45, 7) is 11.4. The number of methoxy groups -OCH3 is 1. The summed E-state index contributed by atoms with van der Waals surface area (Å²) in [6.07, 6.45) is 2.70. The molecular formula is C33H42N6O6. The predicted molar refractivity (Wildman–Crippen MR) is 166 cm³/mol. The van der Waals surface area contributed by atoms with Gasteiger partial charge in [-0.05, 0) is 74.9 Å². The van der Waals surface area contributed by atoms with Crippen LogP contribution in [0.1, 0.15) is 87.0 Å². The van der Waals surface area contributed by atoms with Gasteiger partial charge in [-0.2, -0.15) is 0 Å². The normalized spacial score (nSPS) is 16.4. The van der Waals surface area contributed by atoms with Crippen molar-refractivity contribution in [1.29, 1.82) is 0 Å². The summed E-state index contributed by atoms with van der Waals surface area (Å²) in [5, 5.41) is 13.8. The van der Waals surface area contributed by atoms with E-state index in [1.807, 2.05) is 39.8 Å². The smallest absolute Gasteiger partial charge is 0.286 e. The van der Waals surface area contributed by atoms with Crippen LogP contribution in [0.25, 0.3) is 0 Å². The Kier molecular flexibility index (Phi) is 10.4. The molecule has 0 bridgehead atoms. The van der Waals surface area contributed by atoms with Gasteiger partial charge in [0, 0.05) is 18.3 Å². The van der Waals surface area contributed by atoms with Crippen molar-refractivity contribution in [3.05, 3.63) is 71.7 Å². The number of carbonyl (C=O) groups is 4. The highest BCUT2D eigenvalue weighted by Gasteiger charge is 2.41. The molecule has 12 heteroatoms. The standard InChI is InChI=1S/C33H42N6O6/c1-19(2)25(27(40)30-37-38-32(45-30)33(5,6)24-12-8-9-17-34-24)35-29(42)23-11-10-18-39(23)31(43)26(20(3)4)36-28(41)21-13-15-22(44-7)16-14-21/h8-9,12-17,19-20,23,25-26H,10-11,18H2,1-7H3,(H,35,42)(H,36,41)/t23-,25+,26-/m0/s1. The van der Waals surface area contributed by atoms with E-state index in [1.165, 1.54) is 12.0 Å². The zero-order valence-electron chi connectivity index (χ0n) is 26.9. The fraction of sp³-hybridized carbons (Fsp3) is 0.485. The maximum Gasteiger partial charge on any atom is 0.286 e. The first-order chi connectivity index (χ1) is 21.3. The number of nitrogens with one attached hydrogen (secondary N) is 2. The molecule has 0 spiro atoms.